The first-order valence-corrected chi connectivity index (χ1v) is 7.87. The Balaban J connectivity index is 1.94. The van der Waals surface area contributed by atoms with Crippen molar-refractivity contribution in [2.45, 2.75) is 38.4 Å². The van der Waals surface area contributed by atoms with Crippen LogP contribution in [-0.4, -0.2) is 43.4 Å². The molecule has 1 aliphatic heterocycles. The van der Waals surface area contributed by atoms with Gasteiger partial charge >= 0.3 is 0 Å². The first-order chi connectivity index (χ1) is 11.5. The molecule has 1 saturated heterocycles. The van der Waals surface area contributed by atoms with E-state index in [1.807, 2.05) is 0 Å². The molecule has 0 saturated carbocycles. The van der Waals surface area contributed by atoms with Gasteiger partial charge in [0.25, 0.3) is 11.6 Å². The average Bonchev–Trinajstić information content (AvgIpc) is 2.60. The maximum absolute atomic E-state index is 12.2. The zero-order valence-electron chi connectivity index (χ0n) is 13.8. The molecule has 1 heterocycles. The van der Waals surface area contributed by atoms with Crippen molar-refractivity contribution in [1.82, 2.24) is 0 Å². The summed E-state index contributed by atoms with van der Waals surface area (Å²) in [4.78, 5) is 22.6. The fraction of sp³-hybridized carbons (Fsp3) is 0.562. The minimum absolute atomic E-state index is 0.0151. The Labute approximate surface area is 140 Å². The van der Waals surface area contributed by atoms with Crippen LogP contribution in [0.15, 0.2) is 18.2 Å². The molecular weight excluding hydrogens is 316 g/mol. The minimum Gasteiger partial charge on any atom is -0.495 e. The Morgan fingerprint density at radius 2 is 2.29 bits per heavy atom. The van der Waals surface area contributed by atoms with Gasteiger partial charge in [0.05, 0.1) is 30.4 Å². The van der Waals surface area contributed by atoms with Crippen LogP contribution in [0.1, 0.15) is 26.2 Å². The minimum atomic E-state index is -0.709. The normalized spacial score (nSPS) is 18.7. The fourth-order valence-electron chi connectivity index (χ4n) is 2.41. The number of methoxy groups -OCH3 is 1. The molecule has 8 heteroatoms. The third kappa shape index (κ3) is 4.90. The summed E-state index contributed by atoms with van der Waals surface area (Å²) in [6.45, 7) is 2.70. The van der Waals surface area contributed by atoms with Crippen molar-refractivity contribution in [2.24, 2.45) is 0 Å². The Kier molecular flexibility index (Phi) is 6.51. The molecule has 2 rings (SSSR count). The third-order valence-corrected chi connectivity index (χ3v) is 3.83. The number of nitrogens with zero attached hydrogens (tertiary/aromatic N) is 1. The number of benzene rings is 1. The molecule has 1 aromatic carbocycles. The lowest BCUT2D eigenvalue weighted by Gasteiger charge is -2.24. The zero-order valence-corrected chi connectivity index (χ0v) is 13.8. The van der Waals surface area contributed by atoms with Crippen molar-refractivity contribution in [1.29, 1.82) is 0 Å². The summed E-state index contributed by atoms with van der Waals surface area (Å²) in [5.74, 6) is -0.0543. The molecule has 0 aliphatic carbocycles. The highest BCUT2D eigenvalue weighted by molar-refractivity contribution is 5.95. The van der Waals surface area contributed by atoms with E-state index in [1.165, 1.54) is 25.3 Å². The summed E-state index contributed by atoms with van der Waals surface area (Å²) in [7, 11) is 1.43. The van der Waals surface area contributed by atoms with Crippen LogP contribution in [0.4, 0.5) is 11.4 Å². The van der Waals surface area contributed by atoms with Gasteiger partial charge in [0.1, 0.15) is 11.9 Å². The molecular formula is C16H22N2O6. The largest absolute Gasteiger partial charge is 0.495 e. The second-order valence-corrected chi connectivity index (χ2v) is 5.60. The van der Waals surface area contributed by atoms with Gasteiger partial charge in [-0.2, -0.15) is 0 Å². The summed E-state index contributed by atoms with van der Waals surface area (Å²) in [5.41, 5.74) is 0.108. The summed E-state index contributed by atoms with van der Waals surface area (Å²) in [6, 6.07) is 4.01. The van der Waals surface area contributed by atoms with E-state index in [9.17, 15) is 14.9 Å². The predicted molar refractivity (Wildman–Crippen MR) is 87.3 cm³/mol. The number of anilines is 1. The van der Waals surface area contributed by atoms with Crippen molar-refractivity contribution in [3.8, 4) is 5.75 Å². The summed E-state index contributed by atoms with van der Waals surface area (Å²) < 4.78 is 16.2. The molecule has 8 nitrogen and oxygen atoms in total. The molecule has 132 valence electrons. The van der Waals surface area contributed by atoms with Gasteiger partial charge in [-0.3, -0.25) is 14.9 Å². The number of rotatable bonds is 7. The molecule has 24 heavy (non-hydrogen) atoms. The van der Waals surface area contributed by atoms with Crippen molar-refractivity contribution in [3.63, 3.8) is 0 Å². The smallest absolute Gasteiger partial charge is 0.271 e. The third-order valence-electron chi connectivity index (χ3n) is 3.83. The first kappa shape index (κ1) is 18.2. The van der Waals surface area contributed by atoms with Crippen LogP contribution in [-0.2, 0) is 14.3 Å². The lowest BCUT2D eigenvalue weighted by Crippen LogP contribution is -2.32. The van der Waals surface area contributed by atoms with E-state index in [0.717, 1.165) is 25.9 Å². The molecule has 1 fully saturated rings. The molecule has 2 atom stereocenters. The second-order valence-electron chi connectivity index (χ2n) is 5.60. The lowest BCUT2D eigenvalue weighted by atomic mass is 10.1. The maximum Gasteiger partial charge on any atom is 0.271 e. The summed E-state index contributed by atoms with van der Waals surface area (Å²) >= 11 is 0. The van der Waals surface area contributed by atoms with Gasteiger partial charge in [0, 0.05) is 18.7 Å². The SMILES string of the molecule is COc1ccc([N+](=O)[O-])cc1NC(=O)C(C)OCC1CCCCO1. The molecule has 1 amide bonds. The van der Waals surface area contributed by atoms with Crippen LogP contribution in [0.25, 0.3) is 0 Å². The monoisotopic (exact) mass is 338 g/mol. The average molecular weight is 338 g/mol. The number of hydrogen-bond acceptors (Lipinski definition) is 6. The number of carbonyl (C=O) groups excluding carboxylic acids is 1. The Morgan fingerprint density at radius 1 is 1.50 bits per heavy atom. The topological polar surface area (TPSA) is 99.9 Å². The number of amides is 1. The number of nitrogens with one attached hydrogen (secondary N) is 1. The second kappa shape index (κ2) is 8.60. The van der Waals surface area contributed by atoms with Crippen LogP contribution in [0.2, 0.25) is 0 Å². The highest BCUT2D eigenvalue weighted by Gasteiger charge is 2.21. The van der Waals surface area contributed by atoms with E-state index in [1.54, 1.807) is 6.92 Å². The molecule has 1 aliphatic rings. The van der Waals surface area contributed by atoms with Gasteiger partial charge < -0.3 is 19.5 Å². The Morgan fingerprint density at radius 3 is 2.92 bits per heavy atom. The predicted octanol–water partition coefficient (Wildman–Crippen LogP) is 2.52. The molecule has 2 unspecified atom stereocenters. The van der Waals surface area contributed by atoms with E-state index >= 15 is 0 Å². The maximum atomic E-state index is 12.2. The van der Waals surface area contributed by atoms with Crippen LogP contribution in [0.3, 0.4) is 0 Å². The van der Waals surface area contributed by atoms with E-state index < -0.39 is 16.9 Å². The van der Waals surface area contributed by atoms with Crippen LogP contribution in [0.5, 0.6) is 5.75 Å². The number of ether oxygens (including phenoxy) is 3. The number of nitro groups is 1. The van der Waals surface area contributed by atoms with Gasteiger partial charge in [-0.15, -0.1) is 0 Å². The number of nitro benzene ring substituents is 1. The van der Waals surface area contributed by atoms with E-state index in [0.29, 0.717) is 12.4 Å². The van der Waals surface area contributed by atoms with Gasteiger partial charge in [-0.1, -0.05) is 0 Å². The van der Waals surface area contributed by atoms with E-state index in [2.05, 4.69) is 5.32 Å². The van der Waals surface area contributed by atoms with Crippen molar-refractivity contribution in [2.75, 3.05) is 25.6 Å². The van der Waals surface area contributed by atoms with E-state index in [4.69, 9.17) is 14.2 Å². The van der Waals surface area contributed by atoms with Crippen LogP contribution < -0.4 is 10.1 Å². The molecule has 0 aromatic heterocycles. The van der Waals surface area contributed by atoms with Gasteiger partial charge in [0.15, 0.2) is 0 Å². The number of carbonyl (C=O) groups is 1. The molecule has 0 radical (unpaired) electrons. The fourth-order valence-corrected chi connectivity index (χ4v) is 2.41. The lowest BCUT2D eigenvalue weighted by molar-refractivity contribution is -0.384. The van der Waals surface area contributed by atoms with Gasteiger partial charge in [-0.05, 0) is 32.3 Å². The summed E-state index contributed by atoms with van der Waals surface area (Å²) in [5, 5.41) is 13.5. The van der Waals surface area contributed by atoms with Gasteiger partial charge in [-0.25, -0.2) is 0 Å². The Bertz CT molecular complexity index is 586. The van der Waals surface area contributed by atoms with Crippen LogP contribution >= 0.6 is 0 Å². The first-order valence-electron chi connectivity index (χ1n) is 7.87. The van der Waals surface area contributed by atoms with Crippen molar-refractivity contribution in [3.05, 3.63) is 28.3 Å². The van der Waals surface area contributed by atoms with E-state index in [-0.39, 0.29) is 17.5 Å². The van der Waals surface area contributed by atoms with Crippen molar-refractivity contribution < 1.29 is 23.9 Å². The van der Waals surface area contributed by atoms with Gasteiger partial charge in [0.2, 0.25) is 0 Å². The standard InChI is InChI=1S/C16H22N2O6/c1-11(24-10-13-5-3-4-8-23-13)16(19)17-14-9-12(18(20)21)6-7-15(14)22-2/h6-7,9,11,13H,3-5,8,10H2,1-2H3,(H,17,19). The molecule has 0 spiro atoms. The molecule has 1 N–H and O–H groups in total. The quantitative estimate of drug-likeness (QED) is 0.606. The van der Waals surface area contributed by atoms with Crippen molar-refractivity contribution >= 4 is 17.3 Å². The molecule has 1 aromatic rings. The Hall–Kier alpha value is -2.19. The highest BCUT2D eigenvalue weighted by atomic mass is 16.6. The zero-order chi connectivity index (χ0) is 17.5. The number of non-ortho nitro benzene ring substituents is 1. The molecule has 0 bridgehead atoms. The summed E-state index contributed by atoms with van der Waals surface area (Å²) in [6.07, 6.45) is 2.38. The highest BCUT2D eigenvalue weighted by Crippen LogP contribution is 2.29. The van der Waals surface area contributed by atoms with Crippen LogP contribution in [0, 0.1) is 10.1 Å². The number of hydrogen-bond donors (Lipinski definition) is 1.